The molecule has 6 heteroatoms. The van der Waals surface area contributed by atoms with Crippen molar-refractivity contribution < 1.29 is 28.9 Å². The lowest BCUT2D eigenvalue weighted by Gasteiger charge is -2.12. The van der Waals surface area contributed by atoms with Crippen LogP contribution < -0.4 is 19.3 Å². The Balaban J connectivity index is 2.66. The van der Waals surface area contributed by atoms with Crippen LogP contribution >= 0.6 is 0 Å². The van der Waals surface area contributed by atoms with Gasteiger partial charge in [0, 0.05) is 18.1 Å². The van der Waals surface area contributed by atoms with Gasteiger partial charge in [-0.3, -0.25) is 4.79 Å². The number of aliphatic carboxylic acids is 1. The van der Waals surface area contributed by atoms with Crippen LogP contribution in [-0.4, -0.2) is 33.1 Å². The summed E-state index contributed by atoms with van der Waals surface area (Å²) in [6.07, 6.45) is 1.75. The molecular formula is C14H17O6-. The van der Waals surface area contributed by atoms with Crippen molar-refractivity contribution in [2.45, 2.75) is 19.3 Å². The number of carbonyl (C=O) groups is 2. The lowest BCUT2D eigenvalue weighted by molar-refractivity contribution is -0.305. The molecule has 20 heavy (non-hydrogen) atoms. The maximum absolute atomic E-state index is 11.0. The first-order valence-electron chi connectivity index (χ1n) is 6.16. The molecule has 0 fully saturated rings. The molecule has 0 aromatic heterocycles. The summed E-state index contributed by atoms with van der Waals surface area (Å²) in [5.74, 6) is 0.162. The number of hydrogen-bond acceptors (Lipinski definition) is 6. The number of carboxylic acids is 1. The van der Waals surface area contributed by atoms with Gasteiger partial charge in [-0.05, 0) is 19.3 Å². The second-order valence-electron chi connectivity index (χ2n) is 4.04. The van der Waals surface area contributed by atoms with Crippen LogP contribution in [0.4, 0.5) is 0 Å². The molecule has 6 nitrogen and oxygen atoms in total. The van der Waals surface area contributed by atoms with E-state index < -0.39 is 5.97 Å². The van der Waals surface area contributed by atoms with Crippen molar-refractivity contribution >= 4 is 12.3 Å². The summed E-state index contributed by atoms with van der Waals surface area (Å²) in [6, 6.07) is 3.18. The van der Waals surface area contributed by atoms with Crippen molar-refractivity contribution in [3.05, 3.63) is 17.7 Å². The van der Waals surface area contributed by atoms with Crippen LogP contribution in [0.3, 0.4) is 0 Å². The molecule has 0 heterocycles. The number of ether oxygens (including phenoxy) is 3. The minimum Gasteiger partial charge on any atom is -0.550 e. The summed E-state index contributed by atoms with van der Waals surface area (Å²) in [6.45, 7) is 0.361. The average molecular weight is 281 g/mol. The highest BCUT2D eigenvalue weighted by Crippen LogP contribution is 2.32. The molecule has 0 N–H and O–H groups in total. The van der Waals surface area contributed by atoms with Gasteiger partial charge >= 0.3 is 0 Å². The molecule has 1 aromatic carbocycles. The Bertz CT molecular complexity index is 444. The fraction of sp³-hybridized carbons (Fsp3) is 0.429. The molecule has 0 radical (unpaired) electrons. The fourth-order valence-electron chi connectivity index (χ4n) is 1.68. The van der Waals surface area contributed by atoms with Gasteiger partial charge in [-0.1, -0.05) is 0 Å². The van der Waals surface area contributed by atoms with Gasteiger partial charge in [0.25, 0.3) is 0 Å². The summed E-state index contributed by atoms with van der Waals surface area (Å²) < 4.78 is 15.7. The smallest absolute Gasteiger partial charge is 0.157 e. The second kappa shape index (κ2) is 8.04. The molecule has 0 atom stereocenters. The van der Waals surface area contributed by atoms with Crippen LogP contribution in [0.5, 0.6) is 17.2 Å². The molecule has 0 aliphatic heterocycles. The van der Waals surface area contributed by atoms with E-state index in [4.69, 9.17) is 14.2 Å². The highest BCUT2D eigenvalue weighted by atomic mass is 16.5. The SMILES string of the molecule is COc1cc(OCCCCC(=O)[O-])cc(OC)c1C=O. The summed E-state index contributed by atoms with van der Waals surface area (Å²) in [4.78, 5) is 21.2. The molecule has 1 aromatic rings. The van der Waals surface area contributed by atoms with Crippen LogP contribution in [0, 0.1) is 0 Å². The molecule has 0 saturated carbocycles. The van der Waals surface area contributed by atoms with Crippen molar-refractivity contribution in [2.24, 2.45) is 0 Å². The summed E-state index contributed by atoms with van der Waals surface area (Å²) in [7, 11) is 2.90. The Morgan fingerprint density at radius 3 is 2.25 bits per heavy atom. The third-order valence-electron chi connectivity index (χ3n) is 2.68. The first-order chi connectivity index (χ1) is 9.62. The van der Waals surface area contributed by atoms with Crippen molar-refractivity contribution in [3.63, 3.8) is 0 Å². The van der Waals surface area contributed by atoms with Gasteiger partial charge in [0.15, 0.2) is 6.29 Å². The maximum Gasteiger partial charge on any atom is 0.157 e. The van der Waals surface area contributed by atoms with Crippen LogP contribution in [0.1, 0.15) is 29.6 Å². The molecule has 0 aliphatic rings. The van der Waals surface area contributed by atoms with Gasteiger partial charge in [-0.25, -0.2) is 0 Å². The number of rotatable bonds is 9. The van der Waals surface area contributed by atoms with E-state index in [1.54, 1.807) is 12.1 Å². The highest BCUT2D eigenvalue weighted by Gasteiger charge is 2.12. The molecule has 110 valence electrons. The predicted molar refractivity (Wildman–Crippen MR) is 69.3 cm³/mol. The summed E-state index contributed by atoms with van der Waals surface area (Å²) >= 11 is 0. The second-order valence-corrected chi connectivity index (χ2v) is 4.04. The molecule has 0 spiro atoms. The normalized spacial score (nSPS) is 9.90. The number of benzene rings is 1. The molecule has 0 unspecified atom stereocenters. The first kappa shape index (κ1) is 15.8. The zero-order chi connectivity index (χ0) is 15.0. The Kier molecular flexibility index (Phi) is 6.36. The van der Waals surface area contributed by atoms with E-state index in [9.17, 15) is 14.7 Å². The van der Waals surface area contributed by atoms with E-state index in [2.05, 4.69) is 0 Å². The van der Waals surface area contributed by atoms with Crippen molar-refractivity contribution in [1.82, 2.24) is 0 Å². The number of methoxy groups -OCH3 is 2. The standard InChI is InChI=1S/C14H18O6/c1-18-12-7-10(8-13(19-2)11(12)9-15)20-6-4-3-5-14(16)17/h7-9H,3-6H2,1-2H3,(H,16,17)/p-1. The lowest BCUT2D eigenvalue weighted by atomic mass is 10.2. The quantitative estimate of drug-likeness (QED) is 0.492. The molecule has 0 bridgehead atoms. The Labute approximate surface area is 117 Å². The fourth-order valence-corrected chi connectivity index (χ4v) is 1.68. The van der Waals surface area contributed by atoms with Gasteiger partial charge in [-0.2, -0.15) is 0 Å². The number of carboxylic acid groups (broad SMARTS) is 1. The Morgan fingerprint density at radius 1 is 1.20 bits per heavy atom. The van der Waals surface area contributed by atoms with Crippen molar-refractivity contribution in [2.75, 3.05) is 20.8 Å². The minimum atomic E-state index is -1.07. The topological polar surface area (TPSA) is 84.9 Å². The number of hydrogen-bond donors (Lipinski definition) is 0. The van der Waals surface area contributed by atoms with Crippen LogP contribution in [0.2, 0.25) is 0 Å². The number of unbranched alkanes of at least 4 members (excludes halogenated alkanes) is 1. The van der Waals surface area contributed by atoms with E-state index in [1.807, 2.05) is 0 Å². The van der Waals surface area contributed by atoms with Crippen LogP contribution in [0.25, 0.3) is 0 Å². The highest BCUT2D eigenvalue weighted by molar-refractivity contribution is 5.84. The Morgan fingerprint density at radius 2 is 1.80 bits per heavy atom. The Hall–Kier alpha value is -2.24. The van der Waals surface area contributed by atoms with Gasteiger partial charge in [-0.15, -0.1) is 0 Å². The third-order valence-corrected chi connectivity index (χ3v) is 2.68. The molecular weight excluding hydrogens is 264 g/mol. The zero-order valence-corrected chi connectivity index (χ0v) is 11.5. The number of aldehydes is 1. The van der Waals surface area contributed by atoms with Crippen LogP contribution in [0.15, 0.2) is 12.1 Å². The lowest BCUT2D eigenvalue weighted by Crippen LogP contribution is -2.21. The van der Waals surface area contributed by atoms with Crippen molar-refractivity contribution in [1.29, 1.82) is 0 Å². The minimum absolute atomic E-state index is 0.0140. The molecule has 0 saturated heterocycles. The largest absolute Gasteiger partial charge is 0.550 e. The van der Waals surface area contributed by atoms with Gasteiger partial charge in [0.1, 0.15) is 17.2 Å². The van der Waals surface area contributed by atoms with E-state index in [0.29, 0.717) is 48.5 Å². The van der Waals surface area contributed by atoms with Gasteiger partial charge < -0.3 is 24.1 Å². The zero-order valence-electron chi connectivity index (χ0n) is 11.5. The summed E-state index contributed by atoms with van der Waals surface area (Å²) in [5.41, 5.74) is 0.319. The van der Waals surface area contributed by atoms with E-state index >= 15 is 0 Å². The maximum atomic E-state index is 11.0. The van der Waals surface area contributed by atoms with Gasteiger partial charge in [0.2, 0.25) is 0 Å². The van der Waals surface area contributed by atoms with E-state index in [-0.39, 0.29) is 6.42 Å². The number of carbonyl (C=O) groups excluding carboxylic acids is 2. The average Bonchev–Trinajstić information content (AvgIpc) is 2.45. The third kappa shape index (κ3) is 4.46. The van der Waals surface area contributed by atoms with Gasteiger partial charge in [0.05, 0.1) is 26.4 Å². The monoisotopic (exact) mass is 281 g/mol. The van der Waals surface area contributed by atoms with Crippen molar-refractivity contribution in [3.8, 4) is 17.2 Å². The van der Waals surface area contributed by atoms with E-state index in [0.717, 1.165) is 0 Å². The molecule has 1 rings (SSSR count). The molecule has 0 amide bonds. The summed E-state index contributed by atoms with van der Waals surface area (Å²) in [5, 5.41) is 10.3. The van der Waals surface area contributed by atoms with Crippen LogP contribution in [-0.2, 0) is 4.79 Å². The van der Waals surface area contributed by atoms with E-state index in [1.165, 1.54) is 14.2 Å². The molecule has 0 aliphatic carbocycles. The first-order valence-corrected chi connectivity index (χ1v) is 6.16. The predicted octanol–water partition coefficient (Wildman–Crippen LogP) is 0.815.